The lowest BCUT2D eigenvalue weighted by molar-refractivity contribution is 0.369. The van der Waals surface area contributed by atoms with E-state index in [0.29, 0.717) is 24.8 Å². The van der Waals surface area contributed by atoms with Crippen molar-refractivity contribution in [1.29, 1.82) is 0 Å². The summed E-state index contributed by atoms with van der Waals surface area (Å²) >= 11 is 3.35. The van der Waals surface area contributed by atoms with Gasteiger partial charge in [0, 0.05) is 18.4 Å². The van der Waals surface area contributed by atoms with Gasteiger partial charge in [-0.2, -0.15) is 0 Å². The third-order valence-electron chi connectivity index (χ3n) is 3.46. The molecule has 17 heavy (non-hydrogen) atoms. The molecule has 102 valence electrons. The molecule has 0 spiro atoms. The van der Waals surface area contributed by atoms with Gasteiger partial charge >= 0.3 is 0 Å². The van der Waals surface area contributed by atoms with Crippen molar-refractivity contribution >= 4 is 26.0 Å². The van der Waals surface area contributed by atoms with Crippen molar-refractivity contribution in [1.82, 2.24) is 4.31 Å². The largest absolute Gasteiger partial charge is 0.214 e. The van der Waals surface area contributed by atoms with Crippen LogP contribution in [0.3, 0.4) is 0 Å². The second-order valence-electron chi connectivity index (χ2n) is 4.82. The van der Waals surface area contributed by atoms with Gasteiger partial charge in [-0.1, -0.05) is 42.1 Å². The maximum absolute atomic E-state index is 12.2. The van der Waals surface area contributed by atoms with Crippen LogP contribution in [0.25, 0.3) is 0 Å². The van der Waals surface area contributed by atoms with Gasteiger partial charge in [0.15, 0.2) is 0 Å². The van der Waals surface area contributed by atoms with Crippen molar-refractivity contribution in [2.45, 2.75) is 45.4 Å². The Morgan fingerprint density at radius 1 is 1.24 bits per heavy atom. The van der Waals surface area contributed by atoms with E-state index in [1.165, 1.54) is 19.3 Å². The maximum Gasteiger partial charge on any atom is 0.214 e. The van der Waals surface area contributed by atoms with Crippen LogP contribution in [0.5, 0.6) is 0 Å². The first kappa shape index (κ1) is 15.4. The molecule has 0 aromatic carbocycles. The molecule has 0 radical (unpaired) electrons. The first-order valence-corrected chi connectivity index (χ1v) is 9.37. The van der Waals surface area contributed by atoms with Crippen LogP contribution >= 0.6 is 15.9 Å². The predicted octanol–water partition coefficient (Wildman–Crippen LogP) is 3.00. The maximum atomic E-state index is 12.2. The molecule has 1 fully saturated rings. The van der Waals surface area contributed by atoms with Gasteiger partial charge in [-0.25, -0.2) is 12.7 Å². The van der Waals surface area contributed by atoms with Gasteiger partial charge in [-0.3, -0.25) is 0 Å². The molecule has 0 N–H and O–H groups in total. The zero-order valence-electron chi connectivity index (χ0n) is 10.7. The van der Waals surface area contributed by atoms with Gasteiger partial charge in [0.25, 0.3) is 0 Å². The molecule has 0 aromatic heterocycles. The van der Waals surface area contributed by atoms with Crippen molar-refractivity contribution in [3.63, 3.8) is 0 Å². The number of sulfonamides is 1. The summed E-state index contributed by atoms with van der Waals surface area (Å²) < 4.78 is 26.1. The molecule has 0 aromatic rings. The second kappa shape index (κ2) is 7.74. The third-order valence-corrected chi connectivity index (χ3v) is 6.14. The van der Waals surface area contributed by atoms with Crippen LogP contribution in [0.2, 0.25) is 0 Å². The van der Waals surface area contributed by atoms with E-state index < -0.39 is 10.0 Å². The lowest BCUT2D eigenvalue weighted by Gasteiger charge is -2.26. The molecule has 0 atom stereocenters. The van der Waals surface area contributed by atoms with Gasteiger partial charge in [0.2, 0.25) is 10.0 Å². The van der Waals surface area contributed by atoms with Crippen LogP contribution < -0.4 is 0 Å². The number of hydrogen-bond acceptors (Lipinski definition) is 2. The van der Waals surface area contributed by atoms with E-state index in [1.807, 2.05) is 6.92 Å². The summed E-state index contributed by atoms with van der Waals surface area (Å²) in [6.07, 6.45) is 6.75. The molecule has 1 aliphatic rings. The Hall–Kier alpha value is 0.390. The Kier molecular flexibility index (Phi) is 7.04. The Labute approximate surface area is 114 Å². The van der Waals surface area contributed by atoms with E-state index >= 15 is 0 Å². The van der Waals surface area contributed by atoms with E-state index in [1.54, 1.807) is 4.31 Å². The molecule has 0 aliphatic heterocycles. The third kappa shape index (κ3) is 5.26. The molecule has 1 saturated carbocycles. The first-order chi connectivity index (χ1) is 8.10. The molecule has 0 heterocycles. The Morgan fingerprint density at radius 3 is 2.41 bits per heavy atom. The van der Waals surface area contributed by atoms with Crippen molar-refractivity contribution in [3.8, 4) is 0 Å². The van der Waals surface area contributed by atoms with Gasteiger partial charge in [0.05, 0.1) is 5.75 Å². The van der Waals surface area contributed by atoms with Crippen LogP contribution in [0.1, 0.15) is 45.4 Å². The quantitative estimate of drug-likeness (QED) is 0.675. The number of alkyl halides is 1. The first-order valence-electron chi connectivity index (χ1n) is 6.64. The minimum absolute atomic E-state index is 0.364. The van der Waals surface area contributed by atoms with Gasteiger partial charge in [0.1, 0.15) is 0 Å². The molecule has 0 bridgehead atoms. The minimum atomic E-state index is -3.03. The highest BCUT2D eigenvalue weighted by Gasteiger charge is 2.25. The fourth-order valence-electron chi connectivity index (χ4n) is 2.49. The summed E-state index contributed by atoms with van der Waals surface area (Å²) in [4.78, 5) is 0. The number of nitrogens with zero attached hydrogens (tertiary/aromatic N) is 1. The van der Waals surface area contributed by atoms with Crippen molar-refractivity contribution in [2.75, 3.05) is 24.2 Å². The molecule has 0 amide bonds. The summed E-state index contributed by atoms with van der Waals surface area (Å²) in [5, 5.41) is 0.864. The van der Waals surface area contributed by atoms with Gasteiger partial charge in [-0.05, 0) is 25.2 Å². The highest BCUT2D eigenvalue weighted by atomic mass is 79.9. The Morgan fingerprint density at radius 2 is 1.88 bits per heavy atom. The molecule has 0 saturated heterocycles. The van der Waals surface area contributed by atoms with Crippen molar-refractivity contribution in [2.24, 2.45) is 5.92 Å². The lowest BCUT2D eigenvalue weighted by Crippen LogP contribution is -2.36. The number of rotatable bonds is 7. The molecule has 1 rings (SSSR count). The summed E-state index contributed by atoms with van der Waals surface area (Å²) in [6.45, 7) is 3.17. The van der Waals surface area contributed by atoms with E-state index in [-0.39, 0.29) is 0 Å². The number of halogens is 1. The SMILES string of the molecule is CCN(CCCBr)S(=O)(=O)CC1CCCCC1. The van der Waals surface area contributed by atoms with E-state index in [0.717, 1.165) is 24.6 Å². The molecule has 3 nitrogen and oxygen atoms in total. The molecular formula is C12H24BrNO2S. The van der Waals surface area contributed by atoms with E-state index in [4.69, 9.17) is 0 Å². The van der Waals surface area contributed by atoms with Crippen LogP contribution in [0, 0.1) is 5.92 Å². The van der Waals surface area contributed by atoms with Crippen LogP contribution in [0.15, 0.2) is 0 Å². The summed E-state index contributed by atoms with van der Waals surface area (Å²) in [7, 11) is -3.03. The fraction of sp³-hybridized carbons (Fsp3) is 1.00. The zero-order chi connectivity index (χ0) is 12.7. The highest BCUT2D eigenvalue weighted by molar-refractivity contribution is 9.09. The zero-order valence-corrected chi connectivity index (χ0v) is 13.1. The Bertz CT molecular complexity index is 300. The average molecular weight is 326 g/mol. The topological polar surface area (TPSA) is 37.4 Å². The average Bonchev–Trinajstić information content (AvgIpc) is 2.30. The molecule has 5 heteroatoms. The highest BCUT2D eigenvalue weighted by Crippen LogP contribution is 2.25. The second-order valence-corrected chi connectivity index (χ2v) is 7.62. The standard InChI is InChI=1S/C12H24BrNO2S/c1-2-14(10-6-9-13)17(15,16)11-12-7-4-3-5-8-12/h12H,2-11H2,1H3. The van der Waals surface area contributed by atoms with Gasteiger partial charge in [-0.15, -0.1) is 0 Å². The van der Waals surface area contributed by atoms with Gasteiger partial charge < -0.3 is 0 Å². The molecule has 1 aliphatic carbocycles. The molecular weight excluding hydrogens is 302 g/mol. The van der Waals surface area contributed by atoms with Crippen LogP contribution in [0.4, 0.5) is 0 Å². The van der Waals surface area contributed by atoms with Crippen molar-refractivity contribution < 1.29 is 8.42 Å². The molecule has 0 unspecified atom stereocenters. The summed E-state index contributed by atoms with van der Waals surface area (Å²) in [5.74, 6) is 0.759. The Balaban J connectivity index is 2.51. The normalized spacial score (nSPS) is 18.8. The van der Waals surface area contributed by atoms with E-state index in [2.05, 4.69) is 15.9 Å². The summed E-state index contributed by atoms with van der Waals surface area (Å²) in [6, 6.07) is 0. The van der Waals surface area contributed by atoms with Crippen LogP contribution in [-0.2, 0) is 10.0 Å². The van der Waals surface area contributed by atoms with Crippen molar-refractivity contribution in [3.05, 3.63) is 0 Å². The lowest BCUT2D eigenvalue weighted by atomic mass is 9.91. The summed E-state index contributed by atoms with van der Waals surface area (Å²) in [5.41, 5.74) is 0. The fourth-order valence-corrected chi connectivity index (χ4v) is 4.68. The monoisotopic (exact) mass is 325 g/mol. The van der Waals surface area contributed by atoms with E-state index in [9.17, 15) is 8.42 Å². The van der Waals surface area contributed by atoms with Crippen LogP contribution in [-0.4, -0.2) is 36.9 Å². The minimum Gasteiger partial charge on any atom is -0.212 e. The number of hydrogen-bond donors (Lipinski definition) is 0. The smallest absolute Gasteiger partial charge is 0.212 e. The predicted molar refractivity (Wildman–Crippen MR) is 76.0 cm³/mol.